The molecular formula is C8H11N3O4. The molecule has 0 unspecified atom stereocenters. The van der Waals surface area contributed by atoms with Crippen molar-refractivity contribution in [1.82, 2.24) is 15.3 Å². The van der Waals surface area contributed by atoms with Crippen molar-refractivity contribution in [2.24, 2.45) is 0 Å². The van der Waals surface area contributed by atoms with Crippen LogP contribution in [0.15, 0.2) is 6.33 Å². The summed E-state index contributed by atoms with van der Waals surface area (Å²) >= 11 is 0. The number of H-pyrrole nitrogens is 1. The van der Waals surface area contributed by atoms with Gasteiger partial charge in [0.15, 0.2) is 11.4 Å². The van der Waals surface area contributed by atoms with Crippen molar-refractivity contribution in [3.05, 3.63) is 17.7 Å². The number of aromatic carboxylic acids is 1. The van der Waals surface area contributed by atoms with Gasteiger partial charge in [-0.1, -0.05) is 0 Å². The molecule has 1 amide bonds. The van der Waals surface area contributed by atoms with E-state index in [1.165, 1.54) is 6.92 Å². The van der Waals surface area contributed by atoms with Crippen molar-refractivity contribution in [3.8, 4) is 0 Å². The highest BCUT2D eigenvalue weighted by Crippen LogP contribution is 2.02. The highest BCUT2D eigenvalue weighted by Gasteiger charge is 2.19. The number of aliphatic hydroxyl groups is 1. The molecule has 0 radical (unpaired) electrons. The van der Waals surface area contributed by atoms with Crippen LogP contribution in [0.2, 0.25) is 0 Å². The Balaban J connectivity index is 2.73. The van der Waals surface area contributed by atoms with Crippen LogP contribution in [0.5, 0.6) is 0 Å². The minimum atomic E-state index is -1.25. The third-order valence-electron chi connectivity index (χ3n) is 1.63. The maximum atomic E-state index is 11.4. The van der Waals surface area contributed by atoms with Gasteiger partial charge in [0.25, 0.3) is 5.91 Å². The molecule has 0 saturated heterocycles. The number of carboxylic acid groups (broad SMARTS) is 1. The van der Waals surface area contributed by atoms with Crippen molar-refractivity contribution in [2.45, 2.75) is 13.0 Å². The Morgan fingerprint density at radius 3 is 2.87 bits per heavy atom. The number of nitrogens with zero attached hydrogens (tertiary/aromatic N) is 1. The van der Waals surface area contributed by atoms with Crippen molar-refractivity contribution in [2.75, 3.05) is 6.54 Å². The molecule has 1 atom stereocenters. The Bertz CT molecular complexity index is 372. The molecule has 0 spiro atoms. The molecule has 0 aliphatic heterocycles. The number of rotatable bonds is 4. The lowest BCUT2D eigenvalue weighted by atomic mass is 10.3. The lowest BCUT2D eigenvalue weighted by molar-refractivity contribution is 0.0684. The number of carbonyl (C=O) groups excluding carboxylic acids is 1. The number of hydrogen-bond donors (Lipinski definition) is 4. The zero-order chi connectivity index (χ0) is 11.4. The van der Waals surface area contributed by atoms with Gasteiger partial charge in [0.05, 0.1) is 12.4 Å². The molecule has 0 bridgehead atoms. The number of aromatic amines is 1. The molecular weight excluding hydrogens is 202 g/mol. The van der Waals surface area contributed by atoms with Crippen molar-refractivity contribution >= 4 is 11.9 Å². The Hall–Kier alpha value is -1.89. The number of imidazole rings is 1. The fraction of sp³-hybridized carbons (Fsp3) is 0.375. The zero-order valence-electron chi connectivity index (χ0n) is 8.02. The van der Waals surface area contributed by atoms with E-state index in [1.807, 2.05) is 0 Å². The van der Waals surface area contributed by atoms with E-state index in [4.69, 9.17) is 10.2 Å². The Morgan fingerprint density at radius 1 is 1.67 bits per heavy atom. The minimum absolute atomic E-state index is 0.0464. The maximum absolute atomic E-state index is 11.4. The number of aromatic nitrogens is 2. The van der Waals surface area contributed by atoms with Gasteiger partial charge in [0.2, 0.25) is 0 Å². The number of hydrogen-bond acceptors (Lipinski definition) is 4. The molecule has 0 aromatic carbocycles. The summed E-state index contributed by atoms with van der Waals surface area (Å²) in [7, 11) is 0. The lowest BCUT2D eigenvalue weighted by Crippen LogP contribution is -2.31. The van der Waals surface area contributed by atoms with Gasteiger partial charge >= 0.3 is 5.97 Å². The number of amides is 1. The van der Waals surface area contributed by atoms with Crippen LogP contribution in [-0.2, 0) is 0 Å². The first kappa shape index (κ1) is 11.2. The molecule has 1 aromatic heterocycles. The smallest absolute Gasteiger partial charge is 0.354 e. The van der Waals surface area contributed by atoms with E-state index < -0.39 is 18.0 Å². The molecule has 0 fully saturated rings. The molecule has 82 valence electrons. The molecule has 15 heavy (non-hydrogen) atoms. The monoisotopic (exact) mass is 213 g/mol. The first-order valence-corrected chi connectivity index (χ1v) is 4.25. The summed E-state index contributed by atoms with van der Waals surface area (Å²) in [5.41, 5.74) is -0.457. The largest absolute Gasteiger partial charge is 0.477 e. The van der Waals surface area contributed by atoms with Gasteiger partial charge in [-0.15, -0.1) is 0 Å². The van der Waals surface area contributed by atoms with Gasteiger partial charge in [0, 0.05) is 6.54 Å². The van der Waals surface area contributed by atoms with E-state index in [2.05, 4.69) is 15.3 Å². The summed E-state index contributed by atoms with van der Waals surface area (Å²) in [4.78, 5) is 27.9. The third-order valence-corrected chi connectivity index (χ3v) is 1.63. The number of carbonyl (C=O) groups is 2. The number of nitrogens with one attached hydrogen (secondary N) is 2. The molecule has 1 heterocycles. The Morgan fingerprint density at radius 2 is 2.33 bits per heavy atom. The van der Waals surface area contributed by atoms with E-state index in [0.29, 0.717) is 0 Å². The van der Waals surface area contributed by atoms with Crippen LogP contribution < -0.4 is 5.32 Å². The van der Waals surface area contributed by atoms with Crippen LogP contribution in [0.3, 0.4) is 0 Å². The van der Waals surface area contributed by atoms with E-state index in [-0.39, 0.29) is 17.9 Å². The van der Waals surface area contributed by atoms with Crippen LogP contribution >= 0.6 is 0 Å². The zero-order valence-corrected chi connectivity index (χ0v) is 8.02. The highest BCUT2D eigenvalue weighted by atomic mass is 16.4. The molecule has 7 heteroatoms. The van der Waals surface area contributed by atoms with Gasteiger partial charge in [-0.3, -0.25) is 4.79 Å². The predicted molar refractivity (Wildman–Crippen MR) is 49.6 cm³/mol. The first-order chi connectivity index (χ1) is 7.02. The van der Waals surface area contributed by atoms with Gasteiger partial charge in [-0.05, 0) is 6.92 Å². The van der Waals surface area contributed by atoms with Gasteiger partial charge in [0.1, 0.15) is 0 Å². The fourth-order valence-electron chi connectivity index (χ4n) is 0.954. The fourth-order valence-corrected chi connectivity index (χ4v) is 0.954. The SMILES string of the molecule is C[C@@H](O)CNC(=O)c1nc[nH]c1C(=O)O. The van der Waals surface area contributed by atoms with E-state index in [0.717, 1.165) is 6.33 Å². The topological polar surface area (TPSA) is 115 Å². The minimum Gasteiger partial charge on any atom is -0.477 e. The van der Waals surface area contributed by atoms with Crippen LogP contribution in [-0.4, -0.2) is 44.7 Å². The van der Waals surface area contributed by atoms with E-state index >= 15 is 0 Å². The highest BCUT2D eigenvalue weighted by molar-refractivity contribution is 6.02. The molecule has 0 aliphatic carbocycles. The second kappa shape index (κ2) is 4.56. The second-order valence-electron chi connectivity index (χ2n) is 2.99. The van der Waals surface area contributed by atoms with Crippen LogP contribution in [0.25, 0.3) is 0 Å². The summed E-state index contributed by atoms with van der Waals surface area (Å²) in [5.74, 6) is -1.88. The molecule has 1 aromatic rings. The predicted octanol–water partition coefficient (Wildman–Crippen LogP) is -0.782. The Kier molecular flexibility index (Phi) is 3.40. The second-order valence-corrected chi connectivity index (χ2v) is 2.99. The van der Waals surface area contributed by atoms with Crippen molar-refractivity contribution < 1.29 is 19.8 Å². The van der Waals surface area contributed by atoms with Crippen LogP contribution in [0, 0.1) is 0 Å². The molecule has 7 nitrogen and oxygen atoms in total. The maximum Gasteiger partial charge on any atom is 0.354 e. The summed E-state index contributed by atoms with van der Waals surface area (Å²) < 4.78 is 0. The van der Waals surface area contributed by atoms with Crippen LogP contribution in [0.1, 0.15) is 27.9 Å². The van der Waals surface area contributed by atoms with Crippen molar-refractivity contribution in [3.63, 3.8) is 0 Å². The number of aliphatic hydroxyl groups excluding tert-OH is 1. The summed E-state index contributed by atoms with van der Waals surface area (Å²) in [5, 5.41) is 19.9. The lowest BCUT2D eigenvalue weighted by Gasteiger charge is -2.05. The molecule has 0 saturated carbocycles. The van der Waals surface area contributed by atoms with Crippen LogP contribution in [0.4, 0.5) is 0 Å². The Labute approximate surface area is 85.1 Å². The van der Waals surface area contributed by atoms with Gasteiger partial charge in [-0.25, -0.2) is 9.78 Å². The standard InChI is InChI=1S/C8H11N3O4/c1-4(12)2-9-7(13)5-6(8(14)15)11-3-10-5/h3-4,12H,2H2,1H3,(H,9,13)(H,10,11)(H,14,15)/t4-/m1/s1. The normalized spacial score (nSPS) is 12.1. The molecule has 0 aliphatic rings. The van der Waals surface area contributed by atoms with Crippen molar-refractivity contribution in [1.29, 1.82) is 0 Å². The average Bonchev–Trinajstić information content (AvgIpc) is 2.62. The van der Waals surface area contributed by atoms with E-state index in [1.54, 1.807) is 0 Å². The average molecular weight is 213 g/mol. The third kappa shape index (κ3) is 2.78. The summed E-state index contributed by atoms with van der Waals surface area (Å²) in [6.45, 7) is 1.55. The quantitative estimate of drug-likeness (QED) is 0.523. The van der Waals surface area contributed by atoms with Gasteiger partial charge < -0.3 is 20.5 Å². The first-order valence-electron chi connectivity index (χ1n) is 4.25. The summed E-state index contributed by atoms with van der Waals surface area (Å²) in [6, 6.07) is 0. The molecule has 4 N–H and O–H groups in total. The molecule has 1 rings (SSSR count). The summed E-state index contributed by atoms with van der Waals surface area (Å²) in [6.07, 6.45) is 0.432. The number of carboxylic acids is 1. The van der Waals surface area contributed by atoms with Gasteiger partial charge in [-0.2, -0.15) is 0 Å². The van der Waals surface area contributed by atoms with E-state index in [9.17, 15) is 9.59 Å².